The van der Waals surface area contributed by atoms with Crippen LogP contribution in [0.1, 0.15) is 0 Å². The monoisotopic (exact) mass is 194 g/mol. The molecule has 0 saturated heterocycles. The third-order valence-electron chi connectivity index (χ3n) is 1.45. The van der Waals surface area contributed by atoms with Crippen molar-refractivity contribution in [3.8, 4) is 10.6 Å². The molecule has 0 radical (unpaired) electrons. The third-order valence-corrected chi connectivity index (χ3v) is 2.57. The second-order valence-electron chi connectivity index (χ2n) is 2.28. The molecule has 12 heavy (non-hydrogen) atoms. The SMILES string of the molecule is S=c1ccc(-c2cccs2)n[nH]1. The molecule has 2 aromatic rings. The summed E-state index contributed by atoms with van der Waals surface area (Å²) in [5.41, 5.74) is 0.943. The maximum atomic E-state index is 4.89. The van der Waals surface area contributed by atoms with Crippen LogP contribution in [0, 0.1) is 4.64 Å². The van der Waals surface area contributed by atoms with Crippen molar-refractivity contribution in [1.82, 2.24) is 10.2 Å². The molecule has 1 N–H and O–H groups in total. The number of nitrogens with one attached hydrogen (secondary N) is 1. The van der Waals surface area contributed by atoms with Crippen molar-refractivity contribution in [3.05, 3.63) is 34.3 Å². The van der Waals surface area contributed by atoms with Gasteiger partial charge in [-0.2, -0.15) is 5.10 Å². The van der Waals surface area contributed by atoms with Gasteiger partial charge in [-0.25, -0.2) is 0 Å². The molecular formula is C8H6N2S2. The van der Waals surface area contributed by atoms with Gasteiger partial charge >= 0.3 is 0 Å². The Morgan fingerprint density at radius 1 is 1.33 bits per heavy atom. The molecule has 0 amide bonds. The van der Waals surface area contributed by atoms with Crippen LogP contribution in [0.4, 0.5) is 0 Å². The van der Waals surface area contributed by atoms with Gasteiger partial charge in [0, 0.05) is 0 Å². The third kappa shape index (κ3) is 1.44. The maximum absolute atomic E-state index is 4.89. The van der Waals surface area contributed by atoms with Gasteiger partial charge in [-0.1, -0.05) is 18.3 Å². The van der Waals surface area contributed by atoms with E-state index in [0.717, 1.165) is 10.6 Å². The van der Waals surface area contributed by atoms with Gasteiger partial charge in [0.15, 0.2) is 0 Å². The van der Waals surface area contributed by atoms with Crippen LogP contribution in [0.2, 0.25) is 0 Å². The summed E-state index contributed by atoms with van der Waals surface area (Å²) in [6, 6.07) is 7.80. The largest absolute Gasteiger partial charge is 0.267 e. The van der Waals surface area contributed by atoms with Gasteiger partial charge in [-0.3, -0.25) is 5.10 Å². The Morgan fingerprint density at radius 2 is 2.25 bits per heavy atom. The molecule has 2 aromatic heterocycles. The van der Waals surface area contributed by atoms with Crippen molar-refractivity contribution in [2.45, 2.75) is 0 Å². The van der Waals surface area contributed by atoms with E-state index < -0.39 is 0 Å². The fourth-order valence-electron chi connectivity index (χ4n) is 0.906. The molecule has 0 unspecified atom stereocenters. The van der Waals surface area contributed by atoms with Gasteiger partial charge in [-0.05, 0) is 23.6 Å². The molecule has 0 aliphatic carbocycles. The number of hydrogen-bond donors (Lipinski definition) is 1. The van der Waals surface area contributed by atoms with Gasteiger partial charge in [0.25, 0.3) is 0 Å². The van der Waals surface area contributed by atoms with Crippen LogP contribution in [0.25, 0.3) is 10.6 Å². The Kier molecular flexibility index (Phi) is 2.01. The highest BCUT2D eigenvalue weighted by Gasteiger charge is 1.97. The average Bonchev–Trinajstić information content (AvgIpc) is 2.58. The van der Waals surface area contributed by atoms with Gasteiger partial charge in [0.2, 0.25) is 0 Å². The lowest BCUT2D eigenvalue weighted by Crippen LogP contribution is -1.83. The van der Waals surface area contributed by atoms with Crippen molar-refractivity contribution in [2.75, 3.05) is 0 Å². The molecule has 2 nitrogen and oxygen atoms in total. The summed E-state index contributed by atoms with van der Waals surface area (Å²) in [6.07, 6.45) is 0. The summed E-state index contributed by atoms with van der Waals surface area (Å²) in [7, 11) is 0. The zero-order valence-corrected chi connectivity index (χ0v) is 7.78. The predicted octanol–water partition coefficient (Wildman–Crippen LogP) is 2.87. The van der Waals surface area contributed by atoms with E-state index in [-0.39, 0.29) is 0 Å². The summed E-state index contributed by atoms with van der Waals surface area (Å²) in [5, 5.41) is 8.89. The molecule has 4 heteroatoms. The number of hydrogen-bond acceptors (Lipinski definition) is 3. The molecule has 0 aromatic carbocycles. The second-order valence-corrected chi connectivity index (χ2v) is 3.67. The quantitative estimate of drug-likeness (QED) is 0.707. The first kappa shape index (κ1) is 7.64. The fourth-order valence-corrected chi connectivity index (χ4v) is 1.72. The molecule has 0 fully saturated rings. The minimum Gasteiger partial charge on any atom is -0.267 e. The van der Waals surface area contributed by atoms with Gasteiger partial charge in [0.1, 0.15) is 10.3 Å². The highest BCUT2D eigenvalue weighted by molar-refractivity contribution is 7.71. The summed E-state index contributed by atoms with van der Waals surface area (Å²) in [6.45, 7) is 0. The van der Waals surface area contributed by atoms with Crippen LogP contribution in [0.3, 0.4) is 0 Å². The summed E-state index contributed by atoms with van der Waals surface area (Å²) < 4.78 is 0.662. The lowest BCUT2D eigenvalue weighted by molar-refractivity contribution is 1.03. The number of H-pyrrole nitrogens is 1. The molecule has 0 bridgehead atoms. The van der Waals surface area contributed by atoms with Crippen molar-refractivity contribution in [1.29, 1.82) is 0 Å². The molecule has 0 spiro atoms. The number of rotatable bonds is 1. The van der Waals surface area contributed by atoms with Crippen LogP contribution >= 0.6 is 23.6 Å². The van der Waals surface area contributed by atoms with Gasteiger partial charge in [-0.15, -0.1) is 11.3 Å². The molecule has 0 aliphatic rings. The van der Waals surface area contributed by atoms with Crippen molar-refractivity contribution in [2.24, 2.45) is 0 Å². The predicted molar refractivity (Wildman–Crippen MR) is 52.7 cm³/mol. The zero-order chi connectivity index (χ0) is 8.39. The van der Waals surface area contributed by atoms with Gasteiger partial charge < -0.3 is 0 Å². The minimum absolute atomic E-state index is 0.662. The van der Waals surface area contributed by atoms with Crippen LogP contribution in [0.15, 0.2) is 29.6 Å². The number of thiophene rings is 1. The number of nitrogens with zero attached hydrogens (tertiary/aromatic N) is 1. The normalized spacial score (nSPS) is 10.0. The van der Waals surface area contributed by atoms with Crippen molar-refractivity contribution < 1.29 is 0 Å². The van der Waals surface area contributed by atoms with E-state index in [2.05, 4.69) is 10.2 Å². The Balaban J connectivity index is 2.49. The van der Waals surface area contributed by atoms with E-state index >= 15 is 0 Å². The molecule has 2 heterocycles. The van der Waals surface area contributed by atoms with Crippen LogP contribution in [-0.4, -0.2) is 10.2 Å². The summed E-state index contributed by atoms with van der Waals surface area (Å²) in [4.78, 5) is 1.15. The number of aromatic nitrogens is 2. The lowest BCUT2D eigenvalue weighted by atomic mass is 10.3. The molecule has 0 saturated carbocycles. The van der Waals surface area contributed by atoms with E-state index in [1.54, 1.807) is 11.3 Å². The molecule has 0 aliphatic heterocycles. The van der Waals surface area contributed by atoms with E-state index in [0.29, 0.717) is 4.64 Å². The summed E-state index contributed by atoms with van der Waals surface area (Å²) >= 11 is 6.55. The Hall–Kier alpha value is -1.00. The van der Waals surface area contributed by atoms with Crippen LogP contribution in [0.5, 0.6) is 0 Å². The van der Waals surface area contributed by atoms with Crippen molar-refractivity contribution in [3.63, 3.8) is 0 Å². The molecule has 60 valence electrons. The zero-order valence-electron chi connectivity index (χ0n) is 6.15. The Labute approximate surface area is 78.9 Å². The molecule has 2 rings (SSSR count). The number of aromatic amines is 1. The van der Waals surface area contributed by atoms with E-state index in [1.807, 2.05) is 29.6 Å². The first-order valence-electron chi connectivity index (χ1n) is 3.46. The average molecular weight is 194 g/mol. The van der Waals surface area contributed by atoms with E-state index in [4.69, 9.17) is 12.2 Å². The molecular weight excluding hydrogens is 188 g/mol. The second kappa shape index (κ2) is 3.16. The highest BCUT2D eigenvalue weighted by atomic mass is 32.1. The standard InChI is InChI=1S/C8H6N2S2/c11-8-4-3-6(9-10-8)7-2-1-5-12-7/h1-5H,(H,10,11). The Morgan fingerprint density at radius 3 is 2.83 bits per heavy atom. The lowest BCUT2D eigenvalue weighted by Gasteiger charge is -1.92. The van der Waals surface area contributed by atoms with Crippen molar-refractivity contribution >= 4 is 23.6 Å². The fraction of sp³-hybridized carbons (Fsp3) is 0. The minimum atomic E-state index is 0.662. The first-order valence-corrected chi connectivity index (χ1v) is 4.75. The highest BCUT2D eigenvalue weighted by Crippen LogP contribution is 2.20. The molecule has 0 atom stereocenters. The maximum Gasteiger partial charge on any atom is 0.119 e. The topological polar surface area (TPSA) is 28.7 Å². The first-order chi connectivity index (χ1) is 5.86. The van der Waals surface area contributed by atoms with Crippen LogP contribution < -0.4 is 0 Å². The summed E-state index contributed by atoms with van der Waals surface area (Å²) in [5.74, 6) is 0. The van der Waals surface area contributed by atoms with E-state index in [1.165, 1.54) is 0 Å². The van der Waals surface area contributed by atoms with E-state index in [9.17, 15) is 0 Å². The van der Waals surface area contributed by atoms with Gasteiger partial charge in [0.05, 0.1) is 4.88 Å². The Bertz CT molecular complexity index is 396. The smallest absolute Gasteiger partial charge is 0.119 e. The van der Waals surface area contributed by atoms with Crippen LogP contribution in [-0.2, 0) is 0 Å².